The maximum absolute atomic E-state index is 15.8. The Balaban J connectivity index is 0.903. The number of amides is 3. The van der Waals surface area contributed by atoms with Crippen molar-refractivity contribution in [2.75, 3.05) is 45.2 Å². The molecule has 0 bridgehead atoms. The van der Waals surface area contributed by atoms with Crippen LogP contribution in [-0.2, 0) is 27.9 Å². The third-order valence-electron chi connectivity index (χ3n) is 11.1. The first-order chi connectivity index (χ1) is 25.6. The summed E-state index contributed by atoms with van der Waals surface area (Å²) < 4.78 is 38.2. The van der Waals surface area contributed by atoms with Crippen LogP contribution in [0.25, 0.3) is 21.9 Å². The molecule has 4 aromatic rings. The highest BCUT2D eigenvalue weighted by atomic mass is 19.1. The van der Waals surface area contributed by atoms with Gasteiger partial charge in [0.15, 0.2) is 0 Å². The highest BCUT2D eigenvalue weighted by molar-refractivity contribution is 6.01. The van der Waals surface area contributed by atoms with Gasteiger partial charge in [0.05, 0.1) is 19.0 Å². The zero-order chi connectivity index (χ0) is 37.2. The molecule has 3 saturated heterocycles. The van der Waals surface area contributed by atoms with Crippen LogP contribution in [-0.4, -0.2) is 82.9 Å². The van der Waals surface area contributed by atoms with Crippen LogP contribution < -0.4 is 20.9 Å². The third kappa shape index (κ3) is 7.80. The highest BCUT2D eigenvalue weighted by Gasteiger charge is 2.30. The lowest BCUT2D eigenvalue weighted by molar-refractivity contribution is -0.134. The second kappa shape index (κ2) is 15.4. The summed E-state index contributed by atoms with van der Waals surface area (Å²) in [6.45, 7) is 2.89. The smallest absolute Gasteiger partial charge is 0.259 e. The first kappa shape index (κ1) is 36.2. The van der Waals surface area contributed by atoms with Gasteiger partial charge >= 0.3 is 0 Å². The van der Waals surface area contributed by atoms with E-state index in [1.165, 1.54) is 30.0 Å². The van der Waals surface area contributed by atoms with Gasteiger partial charge in [-0.3, -0.25) is 34.4 Å². The van der Waals surface area contributed by atoms with E-state index in [9.17, 15) is 19.2 Å². The molecule has 2 aromatic heterocycles. The Morgan fingerprint density at radius 3 is 2.45 bits per heavy atom. The van der Waals surface area contributed by atoms with Gasteiger partial charge < -0.3 is 19.5 Å². The lowest BCUT2D eigenvalue weighted by Gasteiger charge is -2.36. The molecular weight excluding hydrogens is 682 g/mol. The Morgan fingerprint density at radius 2 is 1.74 bits per heavy atom. The summed E-state index contributed by atoms with van der Waals surface area (Å²) in [6, 6.07) is 9.44. The van der Waals surface area contributed by atoms with Crippen LogP contribution >= 0.6 is 0 Å². The minimum Gasteiger partial charge on any atom is -0.496 e. The van der Waals surface area contributed by atoms with E-state index >= 15 is 8.78 Å². The maximum atomic E-state index is 15.8. The normalized spacial score (nSPS) is 19.0. The van der Waals surface area contributed by atoms with Crippen molar-refractivity contribution in [3.8, 4) is 16.9 Å². The van der Waals surface area contributed by atoms with Gasteiger partial charge in [-0.15, -0.1) is 0 Å². The number of likely N-dealkylation sites (tertiary alicyclic amines) is 2. The fraction of sp³-hybridized carbons (Fsp3) is 0.425. The summed E-state index contributed by atoms with van der Waals surface area (Å²) >= 11 is 0. The van der Waals surface area contributed by atoms with Crippen molar-refractivity contribution in [3.63, 3.8) is 0 Å². The Hall–Kier alpha value is -5.17. The molecule has 0 saturated carbocycles. The number of pyridine rings is 2. The van der Waals surface area contributed by atoms with Crippen LogP contribution in [0.2, 0.25) is 0 Å². The van der Waals surface area contributed by atoms with E-state index in [1.54, 1.807) is 37.6 Å². The van der Waals surface area contributed by atoms with E-state index in [1.807, 2.05) is 11.0 Å². The number of imide groups is 1. The van der Waals surface area contributed by atoms with E-state index in [0.717, 1.165) is 31.5 Å². The molecule has 11 nitrogen and oxygen atoms in total. The molecule has 0 spiro atoms. The summed E-state index contributed by atoms with van der Waals surface area (Å²) in [5.41, 5.74) is 2.80. The number of methoxy groups -OCH3 is 1. The number of aromatic nitrogens is 2. The first-order valence-corrected chi connectivity index (χ1v) is 18.3. The number of fused-ring (bicyclic) bond motifs is 1. The maximum Gasteiger partial charge on any atom is 0.259 e. The molecule has 278 valence electrons. The van der Waals surface area contributed by atoms with Crippen molar-refractivity contribution < 1.29 is 27.9 Å². The molecule has 1 unspecified atom stereocenters. The summed E-state index contributed by atoms with van der Waals surface area (Å²) in [4.78, 5) is 57.6. The quantitative estimate of drug-likeness (QED) is 0.237. The number of nitrogens with zero attached hydrogens (tertiary/aromatic N) is 4. The number of hydrogen-bond donors (Lipinski definition) is 2. The first-order valence-electron chi connectivity index (χ1n) is 18.3. The molecule has 3 fully saturated rings. The molecule has 0 radical (unpaired) electrons. The number of nitrogens with one attached hydrogen (secondary N) is 2. The fourth-order valence-electron chi connectivity index (χ4n) is 8.04. The van der Waals surface area contributed by atoms with Crippen LogP contribution in [0.15, 0.2) is 59.8 Å². The summed E-state index contributed by atoms with van der Waals surface area (Å²) in [5.74, 6) is -0.646. The molecule has 7 rings (SSSR count). The van der Waals surface area contributed by atoms with E-state index in [2.05, 4.69) is 20.5 Å². The number of carbonyl (C=O) groups excluding carboxylic acids is 3. The van der Waals surface area contributed by atoms with E-state index in [-0.39, 0.29) is 47.3 Å². The standard InChI is InChI=1S/C40H44F2N6O5/c1-46-22-32(29-7-12-43-21-31(29)40(46)52)26-18-33(41)30(36(19-26)53-2)17-24-8-13-47(14-9-24)23-38(50)48-15-10-25(11-16-48)28-4-3-27(20-34(28)42)44-35-5-6-37(49)45-39(35)51/h3-4,7,12,18-22,24-25,35,44H,5-6,8-11,13-17,23H2,1-2H3,(H,45,49,51). The number of carbonyl (C=O) groups is 3. The number of ether oxygens (including phenoxy) is 1. The van der Waals surface area contributed by atoms with Gasteiger partial charge in [0.2, 0.25) is 17.7 Å². The molecule has 2 aromatic carbocycles. The largest absolute Gasteiger partial charge is 0.496 e. The van der Waals surface area contributed by atoms with Crippen LogP contribution in [0.4, 0.5) is 14.5 Å². The lowest BCUT2D eigenvalue weighted by atomic mass is 9.88. The number of hydrogen-bond acceptors (Lipinski definition) is 8. The molecule has 0 aliphatic carbocycles. The Bertz CT molecular complexity index is 2110. The van der Waals surface area contributed by atoms with Crippen LogP contribution in [0.1, 0.15) is 55.6 Å². The van der Waals surface area contributed by atoms with Crippen molar-refractivity contribution in [2.45, 2.75) is 56.9 Å². The topological polar surface area (TPSA) is 126 Å². The molecule has 3 amide bonds. The monoisotopic (exact) mass is 726 g/mol. The second-order valence-electron chi connectivity index (χ2n) is 14.5. The van der Waals surface area contributed by atoms with Gasteiger partial charge in [0, 0.05) is 62.0 Å². The van der Waals surface area contributed by atoms with E-state index in [0.29, 0.717) is 84.2 Å². The minimum atomic E-state index is -0.581. The van der Waals surface area contributed by atoms with E-state index < -0.39 is 11.9 Å². The molecule has 5 heterocycles. The molecule has 13 heteroatoms. The number of benzene rings is 2. The average Bonchev–Trinajstić information content (AvgIpc) is 3.16. The predicted molar refractivity (Wildman–Crippen MR) is 197 cm³/mol. The average molecular weight is 727 g/mol. The highest BCUT2D eigenvalue weighted by Crippen LogP contribution is 2.36. The van der Waals surface area contributed by atoms with Gasteiger partial charge in [-0.25, -0.2) is 8.78 Å². The summed E-state index contributed by atoms with van der Waals surface area (Å²) in [5, 5.41) is 6.49. The minimum absolute atomic E-state index is 0.0102. The van der Waals surface area contributed by atoms with Crippen molar-refractivity contribution in [2.24, 2.45) is 13.0 Å². The van der Waals surface area contributed by atoms with E-state index in [4.69, 9.17) is 4.74 Å². The van der Waals surface area contributed by atoms with Crippen molar-refractivity contribution in [1.29, 1.82) is 0 Å². The molecule has 3 aliphatic rings. The summed E-state index contributed by atoms with van der Waals surface area (Å²) in [7, 11) is 3.21. The third-order valence-corrected chi connectivity index (χ3v) is 11.1. The van der Waals surface area contributed by atoms with Gasteiger partial charge in [0.25, 0.3) is 5.56 Å². The number of halogens is 2. The van der Waals surface area contributed by atoms with Crippen LogP contribution in [0, 0.1) is 17.6 Å². The molecule has 3 aliphatic heterocycles. The molecular formula is C40H44F2N6O5. The Labute approximate surface area is 306 Å². The van der Waals surface area contributed by atoms with Crippen molar-refractivity contribution >= 4 is 34.2 Å². The van der Waals surface area contributed by atoms with Gasteiger partial charge in [0.1, 0.15) is 23.4 Å². The Kier molecular flexibility index (Phi) is 10.5. The second-order valence-corrected chi connectivity index (χ2v) is 14.5. The Morgan fingerprint density at radius 1 is 0.962 bits per heavy atom. The van der Waals surface area contributed by atoms with Gasteiger partial charge in [-0.05, 0) is 110 Å². The SMILES string of the molecule is COc1cc(-c2cn(C)c(=O)c3cnccc23)cc(F)c1CC1CCN(CC(=O)N2CCC(c3ccc(NC4CCC(=O)NC4=O)cc3F)CC2)CC1. The number of anilines is 1. The predicted octanol–water partition coefficient (Wildman–Crippen LogP) is 4.77. The molecule has 53 heavy (non-hydrogen) atoms. The molecule has 1 atom stereocenters. The fourth-order valence-corrected chi connectivity index (χ4v) is 8.04. The number of aryl methyl sites for hydroxylation is 1. The van der Waals surface area contributed by atoms with Crippen molar-refractivity contribution in [3.05, 3.63) is 88.1 Å². The van der Waals surface area contributed by atoms with Gasteiger partial charge in [-0.1, -0.05) is 6.07 Å². The summed E-state index contributed by atoms with van der Waals surface area (Å²) in [6.07, 6.45) is 8.95. The van der Waals surface area contributed by atoms with Crippen LogP contribution in [0.5, 0.6) is 5.75 Å². The van der Waals surface area contributed by atoms with Gasteiger partial charge in [-0.2, -0.15) is 0 Å². The molecule has 2 N–H and O–H groups in total. The van der Waals surface area contributed by atoms with Crippen molar-refractivity contribution in [1.82, 2.24) is 24.7 Å². The zero-order valence-corrected chi connectivity index (χ0v) is 30.0. The number of rotatable bonds is 9. The van der Waals surface area contributed by atoms with Crippen LogP contribution in [0.3, 0.4) is 0 Å². The lowest BCUT2D eigenvalue weighted by Crippen LogP contribution is -2.47. The number of piperidine rings is 3. The zero-order valence-electron chi connectivity index (χ0n) is 30.0.